The molecule has 2 aliphatic rings. The Bertz CT molecular complexity index is 592. The van der Waals surface area contributed by atoms with Gasteiger partial charge in [-0.15, -0.1) is 0 Å². The van der Waals surface area contributed by atoms with Gasteiger partial charge in [0.2, 0.25) is 0 Å². The van der Waals surface area contributed by atoms with E-state index in [2.05, 4.69) is 5.32 Å². The van der Waals surface area contributed by atoms with E-state index in [-0.39, 0.29) is 11.5 Å². The highest BCUT2D eigenvalue weighted by atomic mass is 19.2. The maximum atomic E-state index is 14.1. The number of ether oxygens (including phenoxy) is 1. The van der Waals surface area contributed by atoms with Gasteiger partial charge >= 0.3 is 0 Å². The van der Waals surface area contributed by atoms with Crippen molar-refractivity contribution in [2.24, 2.45) is 5.92 Å². The van der Waals surface area contributed by atoms with Crippen molar-refractivity contribution in [3.05, 3.63) is 35.4 Å². The minimum absolute atomic E-state index is 0.163. The Labute approximate surface area is 150 Å². The Kier molecular flexibility index (Phi) is 6.16. The molecule has 3 rings (SSSR count). The molecule has 26 heavy (non-hydrogen) atoms. The third-order valence-corrected chi connectivity index (χ3v) is 5.28. The molecule has 1 unspecified atom stereocenters. The molecule has 0 spiro atoms. The smallest absolute Gasteiger partial charge is 0.251 e. The van der Waals surface area contributed by atoms with Crippen LogP contribution < -0.4 is 5.32 Å². The van der Waals surface area contributed by atoms with Crippen molar-refractivity contribution in [2.45, 2.75) is 49.9 Å². The number of rotatable bonds is 4. The number of carbonyl (C=O) groups excluding carboxylic acids is 1. The van der Waals surface area contributed by atoms with E-state index >= 15 is 0 Å². The second-order valence-corrected chi connectivity index (χ2v) is 7.07. The first-order valence-electron chi connectivity index (χ1n) is 8.99. The summed E-state index contributed by atoms with van der Waals surface area (Å²) >= 11 is 0. The van der Waals surface area contributed by atoms with Crippen LogP contribution in [-0.4, -0.2) is 50.4 Å². The molecule has 1 saturated heterocycles. The van der Waals surface area contributed by atoms with E-state index in [1.165, 1.54) is 24.3 Å². The molecule has 7 heteroatoms. The van der Waals surface area contributed by atoms with Gasteiger partial charge in [-0.1, -0.05) is 12.1 Å². The number of benzene rings is 1. The first kappa shape index (κ1) is 19.1. The van der Waals surface area contributed by atoms with E-state index in [0.717, 1.165) is 12.8 Å². The van der Waals surface area contributed by atoms with Crippen LogP contribution in [0.4, 0.5) is 17.6 Å². The normalized spacial score (nSPS) is 33.0. The summed E-state index contributed by atoms with van der Waals surface area (Å²) in [5.41, 5.74) is 0.506. The topological polar surface area (TPSA) is 38.3 Å². The van der Waals surface area contributed by atoms with Crippen molar-refractivity contribution in [2.75, 3.05) is 19.8 Å². The third kappa shape index (κ3) is 4.19. The Morgan fingerprint density at radius 1 is 1.00 bits per heavy atom. The molecule has 5 atom stereocenters. The zero-order valence-corrected chi connectivity index (χ0v) is 14.3. The van der Waals surface area contributed by atoms with Crippen molar-refractivity contribution in [3.63, 3.8) is 0 Å². The number of hydrogen-bond acceptors (Lipinski definition) is 2. The monoisotopic (exact) mass is 373 g/mol. The summed E-state index contributed by atoms with van der Waals surface area (Å²) in [4.78, 5) is 12.2. The van der Waals surface area contributed by atoms with Crippen LogP contribution >= 0.6 is 0 Å². The van der Waals surface area contributed by atoms with Crippen LogP contribution in [0.25, 0.3) is 0 Å². The van der Waals surface area contributed by atoms with E-state index in [9.17, 15) is 22.4 Å². The lowest BCUT2D eigenvalue weighted by Gasteiger charge is -2.34. The fourth-order valence-corrected chi connectivity index (χ4v) is 3.61. The average molecular weight is 373 g/mol. The Hall–Kier alpha value is -1.63. The summed E-state index contributed by atoms with van der Waals surface area (Å²) < 4.78 is 60.5. The van der Waals surface area contributed by atoms with E-state index in [1.54, 1.807) is 0 Å². The molecule has 1 aromatic carbocycles. The molecule has 0 radical (unpaired) electrons. The van der Waals surface area contributed by atoms with Crippen LogP contribution in [0, 0.1) is 5.92 Å². The number of alkyl halides is 4. The highest BCUT2D eigenvalue weighted by Crippen LogP contribution is 2.40. The number of nitrogens with one attached hydrogen (secondary N) is 1. The molecule has 1 N–H and O–H groups in total. The lowest BCUT2D eigenvalue weighted by atomic mass is 9.79. The number of hydrogen-bond donors (Lipinski definition) is 1. The molecule has 3 nitrogen and oxygen atoms in total. The van der Waals surface area contributed by atoms with Crippen molar-refractivity contribution in [1.82, 2.24) is 5.32 Å². The van der Waals surface area contributed by atoms with Gasteiger partial charge in [0, 0.05) is 31.7 Å². The summed E-state index contributed by atoms with van der Waals surface area (Å²) in [5, 5.41) is 2.84. The van der Waals surface area contributed by atoms with Gasteiger partial charge in [0.1, 0.15) is 24.7 Å². The molecule has 1 heterocycles. The molecule has 1 aromatic rings. The van der Waals surface area contributed by atoms with E-state index in [0.29, 0.717) is 31.2 Å². The van der Waals surface area contributed by atoms with Gasteiger partial charge in [-0.25, -0.2) is 17.6 Å². The van der Waals surface area contributed by atoms with Crippen molar-refractivity contribution in [1.29, 1.82) is 0 Å². The lowest BCUT2D eigenvalue weighted by molar-refractivity contribution is -0.00571. The molecular formula is C19H23F4NO2. The third-order valence-electron chi connectivity index (χ3n) is 5.28. The standard InChI is InChI=1S/C19H23F4NO2/c20-14-9-15(21)18(23)16(17(14)22)12-1-3-13(4-2-12)19(25)24-10-11-5-7-26-8-6-11/h1-4,11,14-18H,5-10H2,(H,24,25)/t14-,15+,16?,17-,18+. The SMILES string of the molecule is O=C(NCC1CCOCC1)c1ccc(C2[C@@H](F)[C@@H](F)C[C@@H](F)[C@H]2F)cc1. The van der Waals surface area contributed by atoms with Gasteiger partial charge < -0.3 is 10.1 Å². The Morgan fingerprint density at radius 3 is 2.15 bits per heavy atom. The molecule has 0 aromatic heterocycles. The fourth-order valence-electron chi connectivity index (χ4n) is 3.61. The largest absolute Gasteiger partial charge is 0.381 e. The van der Waals surface area contributed by atoms with E-state index < -0.39 is 37.0 Å². The van der Waals surface area contributed by atoms with Gasteiger partial charge in [-0.05, 0) is 36.5 Å². The predicted octanol–water partition coefficient (Wildman–Crippen LogP) is 3.68. The molecule has 2 fully saturated rings. The quantitative estimate of drug-likeness (QED) is 0.818. The van der Waals surface area contributed by atoms with Gasteiger partial charge in [-0.3, -0.25) is 4.79 Å². The van der Waals surface area contributed by atoms with Crippen molar-refractivity contribution >= 4 is 5.91 Å². The second-order valence-electron chi connectivity index (χ2n) is 7.07. The second kappa shape index (κ2) is 8.37. The molecule has 144 valence electrons. The van der Waals surface area contributed by atoms with Crippen LogP contribution in [0.3, 0.4) is 0 Å². The van der Waals surface area contributed by atoms with Crippen LogP contribution in [0.2, 0.25) is 0 Å². The minimum atomic E-state index is -2.09. The summed E-state index contributed by atoms with van der Waals surface area (Å²) in [6.45, 7) is 1.92. The summed E-state index contributed by atoms with van der Waals surface area (Å²) in [7, 11) is 0. The zero-order chi connectivity index (χ0) is 18.7. The summed E-state index contributed by atoms with van der Waals surface area (Å²) in [6, 6.07) is 5.61. The molecule has 1 aliphatic carbocycles. The first-order valence-corrected chi connectivity index (χ1v) is 8.99. The van der Waals surface area contributed by atoms with E-state index in [4.69, 9.17) is 4.74 Å². The molecule has 1 amide bonds. The van der Waals surface area contributed by atoms with Crippen molar-refractivity contribution in [3.8, 4) is 0 Å². The van der Waals surface area contributed by atoms with Crippen LogP contribution in [0.1, 0.15) is 41.1 Å². The maximum absolute atomic E-state index is 14.1. The first-order chi connectivity index (χ1) is 12.5. The van der Waals surface area contributed by atoms with Gasteiger partial charge in [0.05, 0.1) is 5.92 Å². The molecular weight excluding hydrogens is 350 g/mol. The zero-order valence-electron chi connectivity index (χ0n) is 14.3. The lowest BCUT2D eigenvalue weighted by Crippen LogP contribution is -2.43. The molecule has 1 aliphatic heterocycles. The minimum Gasteiger partial charge on any atom is -0.381 e. The summed E-state index contributed by atoms with van der Waals surface area (Å²) in [5.74, 6) is -1.41. The summed E-state index contributed by atoms with van der Waals surface area (Å²) in [6.07, 6.45) is -7.20. The average Bonchev–Trinajstić information content (AvgIpc) is 2.66. The number of carbonyl (C=O) groups is 1. The fraction of sp³-hybridized carbons (Fsp3) is 0.632. The molecule has 0 bridgehead atoms. The van der Waals surface area contributed by atoms with E-state index in [1.807, 2.05) is 0 Å². The van der Waals surface area contributed by atoms with Crippen LogP contribution in [0.15, 0.2) is 24.3 Å². The van der Waals surface area contributed by atoms with Gasteiger partial charge in [0.25, 0.3) is 5.91 Å². The number of amides is 1. The Balaban J connectivity index is 1.62. The van der Waals surface area contributed by atoms with Crippen molar-refractivity contribution < 1.29 is 27.1 Å². The highest BCUT2D eigenvalue weighted by Gasteiger charge is 2.47. The van der Waals surface area contributed by atoms with Crippen LogP contribution in [-0.2, 0) is 4.74 Å². The van der Waals surface area contributed by atoms with Gasteiger partial charge in [-0.2, -0.15) is 0 Å². The maximum Gasteiger partial charge on any atom is 0.251 e. The molecule has 1 saturated carbocycles. The van der Waals surface area contributed by atoms with Crippen LogP contribution in [0.5, 0.6) is 0 Å². The Morgan fingerprint density at radius 2 is 1.58 bits per heavy atom. The highest BCUT2D eigenvalue weighted by molar-refractivity contribution is 5.94. The number of halogens is 4. The predicted molar refractivity (Wildman–Crippen MR) is 89.3 cm³/mol. The van der Waals surface area contributed by atoms with Gasteiger partial charge in [0.15, 0.2) is 0 Å².